The van der Waals surface area contributed by atoms with Crippen molar-refractivity contribution >= 4 is 35.1 Å². The average molecular weight is 638 g/mol. The van der Waals surface area contributed by atoms with E-state index in [4.69, 9.17) is 27.9 Å². The van der Waals surface area contributed by atoms with Crippen molar-refractivity contribution in [2.75, 3.05) is 19.1 Å². The first kappa shape index (κ1) is 33.5. The second kappa shape index (κ2) is 15.0. The summed E-state index contributed by atoms with van der Waals surface area (Å²) < 4.78 is 5.79. The minimum atomic E-state index is -1.72. The van der Waals surface area contributed by atoms with Crippen LogP contribution in [0, 0.1) is 22.2 Å². The Morgan fingerprint density at radius 2 is 1.57 bits per heavy atom. The molecule has 3 N–H and O–H groups in total. The minimum Gasteiger partial charge on any atom is -0.481 e. The number of carboxylic acid groups (broad SMARTS) is 2. The Kier molecular flexibility index (Phi) is 11.5. The van der Waals surface area contributed by atoms with Crippen molar-refractivity contribution in [2.24, 2.45) is 10.8 Å². The molecule has 7 nitrogen and oxygen atoms in total. The maximum absolute atomic E-state index is 13.8. The number of carboxylic acids is 2. The maximum atomic E-state index is 13.8. The van der Waals surface area contributed by atoms with Crippen LogP contribution in [0.4, 0.5) is 0 Å². The molecule has 44 heavy (non-hydrogen) atoms. The largest absolute Gasteiger partial charge is 0.481 e. The number of hydrogen-bond donors (Lipinski definition) is 3. The Hall–Kier alpha value is -3.41. The van der Waals surface area contributed by atoms with Gasteiger partial charge in [0.2, 0.25) is 0 Å². The van der Waals surface area contributed by atoms with Gasteiger partial charge in [0.1, 0.15) is 0 Å². The van der Waals surface area contributed by atoms with Crippen LogP contribution >= 0.6 is 23.2 Å². The number of alkyl halides is 1. The Balaban J connectivity index is 1.93. The van der Waals surface area contributed by atoms with Crippen LogP contribution in [0.5, 0.6) is 0 Å². The van der Waals surface area contributed by atoms with Gasteiger partial charge in [-0.2, -0.15) is 5.26 Å². The number of halogens is 2. The summed E-state index contributed by atoms with van der Waals surface area (Å²) in [6, 6.07) is 27.3. The quantitative estimate of drug-likeness (QED) is 0.127. The predicted molar refractivity (Wildman–Crippen MR) is 171 cm³/mol. The van der Waals surface area contributed by atoms with Crippen LogP contribution < -0.4 is 5.32 Å². The van der Waals surface area contributed by atoms with E-state index >= 15 is 0 Å². The summed E-state index contributed by atoms with van der Waals surface area (Å²) in [5.41, 5.74) is -0.727. The molecule has 0 aromatic heterocycles. The zero-order chi connectivity index (χ0) is 31.7. The fourth-order valence-electron chi connectivity index (χ4n) is 7.26. The Morgan fingerprint density at radius 1 is 0.955 bits per heavy atom. The number of nitrogens with zero attached hydrogens (tertiary/aromatic N) is 1. The van der Waals surface area contributed by atoms with E-state index < -0.39 is 40.8 Å². The van der Waals surface area contributed by atoms with E-state index in [0.717, 1.165) is 11.1 Å². The zero-order valence-electron chi connectivity index (χ0n) is 24.7. The van der Waals surface area contributed by atoms with Crippen LogP contribution in [0.3, 0.4) is 0 Å². The van der Waals surface area contributed by atoms with Crippen LogP contribution in [0.15, 0.2) is 84.9 Å². The summed E-state index contributed by atoms with van der Waals surface area (Å²) in [6.07, 6.45) is 0.419. The number of carbonyl (C=O) groups is 2. The highest BCUT2D eigenvalue weighted by Gasteiger charge is 2.67. The molecule has 3 aromatic rings. The fourth-order valence-corrected chi connectivity index (χ4v) is 7.57. The first-order chi connectivity index (χ1) is 21.2. The number of ether oxygens (including phenoxy) is 1. The summed E-state index contributed by atoms with van der Waals surface area (Å²) in [6.45, 7) is 1.98. The number of piperidine rings is 1. The second-order valence-corrected chi connectivity index (χ2v) is 12.3. The molecule has 0 radical (unpaired) electrons. The number of aliphatic carboxylic acids is 2. The lowest BCUT2D eigenvalue weighted by molar-refractivity contribution is -0.177. The van der Waals surface area contributed by atoms with E-state index in [2.05, 4.69) is 11.4 Å². The molecule has 1 heterocycles. The third-order valence-corrected chi connectivity index (χ3v) is 9.65. The lowest BCUT2D eigenvalue weighted by atomic mass is 9.49. The topological polar surface area (TPSA) is 120 Å². The van der Waals surface area contributed by atoms with Crippen LogP contribution in [-0.4, -0.2) is 53.3 Å². The van der Waals surface area contributed by atoms with Gasteiger partial charge >= 0.3 is 11.9 Å². The molecular formula is C35H38Cl2N2O5. The van der Waals surface area contributed by atoms with Gasteiger partial charge in [-0.05, 0) is 55.0 Å². The highest BCUT2D eigenvalue weighted by molar-refractivity contribution is 6.30. The van der Waals surface area contributed by atoms with E-state index in [9.17, 15) is 25.1 Å². The molecule has 0 spiro atoms. The van der Waals surface area contributed by atoms with Gasteiger partial charge in [0.15, 0.2) is 0 Å². The molecule has 1 aliphatic rings. The van der Waals surface area contributed by atoms with Gasteiger partial charge in [0.25, 0.3) is 0 Å². The van der Waals surface area contributed by atoms with Crippen molar-refractivity contribution in [2.45, 2.75) is 56.5 Å². The third-order valence-electron chi connectivity index (χ3n) is 9.26. The fraction of sp³-hybridized carbons (Fsp3) is 0.400. The zero-order valence-corrected chi connectivity index (χ0v) is 26.2. The standard InChI is InChI=1S/C35H38Cl2N2O5/c1-24-34(32(40)41,18-16-29(25-10-4-2-5-11-25)26-12-6-3-7-13-26)31(27-14-8-15-28(37)22-27)35(33(42)43,17-9-20-38)30(39-24)23-44-21-19-36/h2-8,10-15,22,24,29-31,39H,9,16-19,21,23H2,1H3,(H,40,41)(H,42,43). The minimum absolute atomic E-state index is 0.0157. The van der Waals surface area contributed by atoms with Crippen molar-refractivity contribution in [3.63, 3.8) is 0 Å². The summed E-state index contributed by atoms with van der Waals surface area (Å²) in [5.74, 6) is -3.26. The first-order valence-electron chi connectivity index (χ1n) is 14.8. The van der Waals surface area contributed by atoms with Gasteiger partial charge in [-0.3, -0.25) is 9.59 Å². The van der Waals surface area contributed by atoms with Gasteiger partial charge in [-0.25, -0.2) is 0 Å². The summed E-state index contributed by atoms with van der Waals surface area (Å²) in [4.78, 5) is 27.4. The summed E-state index contributed by atoms with van der Waals surface area (Å²) in [5, 5.41) is 35.8. The highest BCUT2D eigenvalue weighted by atomic mass is 35.5. The lowest BCUT2D eigenvalue weighted by Gasteiger charge is -2.58. The molecule has 0 bridgehead atoms. The van der Waals surface area contributed by atoms with Crippen molar-refractivity contribution in [3.05, 3.63) is 107 Å². The van der Waals surface area contributed by atoms with Crippen molar-refractivity contribution in [1.29, 1.82) is 5.26 Å². The number of nitriles is 1. The molecule has 9 heteroatoms. The lowest BCUT2D eigenvalue weighted by Crippen LogP contribution is -2.71. The average Bonchev–Trinajstić information content (AvgIpc) is 3.02. The van der Waals surface area contributed by atoms with E-state index in [-0.39, 0.29) is 44.3 Å². The molecule has 5 atom stereocenters. The van der Waals surface area contributed by atoms with E-state index in [0.29, 0.717) is 17.0 Å². The molecule has 1 saturated heterocycles. The molecule has 232 valence electrons. The van der Waals surface area contributed by atoms with Gasteiger partial charge in [-0.1, -0.05) is 84.4 Å². The highest BCUT2D eigenvalue weighted by Crippen LogP contribution is 2.60. The molecule has 0 aliphatic carbocycles. The first-order valence-corrected chi connectivity index (χ1v) is 15.7. The Labute approximate surface area is 268 Å². The van der Waals surface area contributed by atoms with Gasteiger partial charge in [0, 0.05) is 41.2 Å². The van der Waals surface area contributed by atoms with E-state index in [1.807, 2.05) is 60.7 Å². The number of nitrogens with one attached hydrogen (secondary N) is 1. The van der Waals surface area contributed by atoms with Crippen LogP contribution in [-0.2, 0) is 14.3 Å². The molecule has 4 rings (SSSR count). The van der Waals surface area contributed by atoms with Crippen molar-refractivity contribution < 1.29 is 24.5 Å². The van der Waals surface area contributed by atoms with Crippen molar-refractivity contribution in [1.82, 2.24) is 5.32 Å². The summed E-state index contributed by atoms with van der Waals surface area (Å²) in [7, 11) is 0. The van der Waals surface area contributed by atoms with E-state index in [1.54, 1.807) is 31.2 Å². The van der Waals surface area contributed by atoms with Gasteiger partial charge in [0.05, 0.1) is 30.1 Å². The van der Waals surface area contributed by atoms with Crippen molar-refractivity contribution in [3.8, 4) is 6.07 Å². The number of hydrogen-bond acceptors (Lipinski definition) is 5. The van der Waals surface area contributed by atoms with Crippen LogP contribution in [0.1, 0.15) is 61.1 Å². The van der Waals surface area contributed by atoms with Crippen LogP contribution in [0.25, 0.3) is 0 Å². The smallest absolute Gasteiger partial charge is 0.312 e. The molecule has 1 fully saturated rings. The van der Waals surface area contributed by atoms with Gasteiger partial charge in [-0.15, -0.1) is 11.6 Å². The van der Waals surface area contributed by atoms with E-state index in [1.165, 1.54) is 0 Å². The molecule has 0 amide bonds. The van der Waals surface area contributed by atoms with Crippen LogP contribution in [0.2, 0.25) is 5.02 Å². The Bertz CT molecular complexity index is 1410. The molecular weight excluding hydrogens is 599 g/mol. The molecule has 1 aliphatic heterocycles. The second-order valence-electron chi connectivity index (χ2n) is 11.5. The predicted octanol–water partition coefficient (Wildman–Crippen LogP) is 7.10. The molecule has 5 unspecified atom stereocenters. The maximum Gasteiger partial charge on any atom is 0.312 e. The number of benzene rings is 3. The monoisotopic (exact) mass is 636 g/mol. The SMILES string of the molecule is CC1NC(COCCCl)C(CCC#N)(C(=O)O)C(c2cccc(Cl)c2)C1(CCC(c1ccccc1)c1ccccc1)C(=O)O. The number of rotatable bonds is 14. The normalized spacial score (nSPS) is 24.9. The third kappa shape index (κ3) is 6.64. The van der Waals surface area contributed by atoms with Gasteiger partial charge < -0.3 is 20.3 Å². The molecule has 3 aromatic carbocycles. The Morgan fingerprint density at radius 3 is 2.09 bits per heavy atom. The summed E-state index contributed by atoms with van der Waals surface area (Å²) >= 11 is 12.3. The molecule has 0 saturated carbocycles.